The van der Waals surface area contributed by atoms with Crippen molar-refractivity contribution in [2.45, 2.75) is 113 Å². The zero-order chi connectivity index (χ0) is 40.2. The number of hydrogen-bond donors (Lipinski definition) is 1. The number of ketones is 1. The standard InChI is InChI=1S/C33H31F3NS.C13H24O2.Ir/c1-20-25-15-16-37-28(24-17-23-9-7-8-10-26(23)27(18-24)31(2,3)4)30(25)38-29(20)22-13-11-21(12-14-22)19-32(5,6)33(34,35)36;1-5-10(6-2)12(14)9-13(15)11(7-3)8-4;/h7-16,18H,19H2,1-6H3;9-11,14H,5-8H2,1-4H3;/q-1;;/b;12-9-;/i15D;;. The van der Waals surface area contributed by atoms with E-state index in [1.54, 1.807) is 29.7 Å². The summed E-state index contributed by atoms with van der Waals surface area (Å²) in [6, 6.07) is 21.7. The molecule has 3 aromatic carbocycles. The van der Waals surface area contributed by atoms with Crippen LogP contribution in [0.5, 0.6) is 0 Å². The average Bonchev–Trinajstić information content (AvgIpc) is 3.46. The molecule has 0 amide bonds. The third kappa shape index (κ3) is 10.3. The van der Waals surface area contributed by atoms with Crippen LogP contribution in [0.2, 0.25) is 0 Å². The summed E-state index contributed by atoms with van der Waals surface area (Å²) in [7, 11) is 0. The van der Waals surface area contributed by atoms with Crippen LogP contribution in [-0.2, 0) is 36.7 Å². The number of carbonyl (C=O) groups is 1. The molecule has 8 heteroatoms. The van der Waals surface area contributed by atoms with E-state index in [1.807, 2.05) is 58.9 Å². The van der Waals surface area contributed by atoms with Crippen molar-refractivity contribution < 1.29 is 44.5 Å². The summed E-state index contributed by atoms with van der Waals surface area (Å²) in [6.45, 7) is 19.1. The third-order valence-electron chi connectivity index (χ3n) is 10.3. The molecule has 0 saturated carbocycles. The number of alkyl halides is 3. The molecule has 1 radical (unpaired) electrons. The molecular weight excluding hydrogens is 880 g/mol. The first kappa shape index (κ1) is 43.4. The number of hydrogen-bond acceptors (Lipinski definition) is 4. The van der Waals surface area contributed by atoms with Crippen molar-refractivity contribution in [2.24, 2.45) is 17.3 Å². The molecule has 0 bridgehead atoms. The summed E-state index contributed by atoms with van der Waals surface area (Å²) in [6.07, 6.45) is 2.15. The van der Waals surface area contributed by atoms with Crippen molar-refractivity contribution in [2.75, 3.05) is 0 Å². The van der Waals surface area contributed by atoms with Crippen molar-refractivity contribution in [3.05, 3.63) is 101 Å². The van der Waals surface area contributed by atoms with Crippen molar-refractivity contribution in [3.8, 4) is 21.7 Å². The van der Waals surface area contributed by atoms with Crippen LogP contribution in [0.4, 0.5) is 13.2 Å². The van der Waals surface area contributed by atoms with Gasteiger partial charge in [-0.3, -0.25) is 9.78 Å². The summed E-state index contributed by atoms with van der Waals surface area (Å²) in [5, 5.41) is 12.8. The molecule has 0 atom stereocenters. The molecule has 5 rings (SSSR count). The van der Waals surface area contributed by atoms with E-state index in [-0.39, 0.29) is 55.3 Å². The number of benzene rings is 3. The number of thiophene rings is 1. The second-order valence-electron chi connectivity index (χ2n) is 15.7. The fourth-order valence-electron chi connectivity index (χ4n) is 6.68. The molecular formula is C46H55F3IrNO2S-. The average molecular weight is 936 g/mol. The monoisotopic (exact) mass is 936 g/mol. The molecule has 293 valence electrons. The van der Waals surface area contributed by atoms with Gasteiger partial charge in [0.1, 0.15) is 0 Å². The minimum atomic E-state index is -4.27. The Hall–Kier alpha value is -3.32. The Morgan fingerprint density at radius 3 is 2.07 bits per heavy atom. The normalized spacial score (nSPS) is 12.9. The maximum Gasteiger partial charge on any atom is 0.394 e. The third-order valence-corrected chi connectivity index (χ3v) is 11.7. The number of fused-ring (bicyclic) bond motifs is 2. The quantitative estimate of drug-likeness (QED) is 0.0816. The van der Waals surface area contributed by atoms with E-state index in [9.17, 15) is 23.1 Å². The predicted octanol–water partition coefficient (Wildman–Crippen LogP) is 14.2. The zero-order valence-corrected chi connectivity index (χ0v) is 36.4. The molecule has 0 aliphatic carbocycles. The van der Waals surface area contributed by atoms with Crippen LogP contribution >= 0.6 is 11.3 Å². The number of aliphatic hydroxyl groups excluding tert-OH is 1. The SMILES string of the molecule is CCC(CC)C(=O)/C=C(\O)C(CC)CC.[2H]c1cnc(-c2[c-]c3ccccc3c(C(C)(C)C)c2)c2sc(-c3ccc(CC(C)(C)C(F)(F)F)cc3)c(C)c12.[Ir]. The summed E-state index contributed by atoms with van der Waals surface area (Å²) >= 11 is 1.57. The number of halogens is 3. The van der Waals surface area contributed by atoms with E-state index >= 15 is 0 Å². The first-order chi connectivity index (χ1) is 25.3. The molecule has 1 N–H and O–H groups in total. The van der Waals surface area contributed by atoms with Crippen molar-refractivity contribution in [1.29, 1.82) is 0 Å². The largest absolute Gasteiger partial charge is 0.512 e. The molecule has 0 saturated heterocycles. The van der Waals surface area contributed by atoms with Crippen LogP contribution < -0.4 is 0 Å². The topological polar surface area (TPSA) is 50.2 Å². The fourth-order valence-corrected chi connectivity index (χ4v) is 7.97. The van der Waals surface area contributed by atoms with Gasteiger partial charge in [0.2, 0.25) is 0 Å². The van der Waals surface area contributed by atoms with E-state index in [4.69, 9.17) is 6.35 Å². The Balaban J connectivity index is 0.000000433. The first-order valence-corrected chi connectivity index (χ1v) is 19.5. The van der Waals surface area contributed by atoms with Crippen LogP contribution in [0.3, 0.4) is 0 Å². The molecule has 54 heavy (non-hydrogen) atoms. The number of nitrogens with zero attached hydrogens (tertiary/aromatic N) is 1. The van der Waals surface area contributed by atoms with E-state index in [0.717, 1.165) is 68.4 Å². The Morgan fingerprint density at radius 1 is 0.926 bits per heavy atom. The summed E-state index contributed by atoms with van der Waals surface area (Å²) < 4.78 is 49.8. The van der Waals surface area contributed by atoms with Gasteiger partial charge >= 0.3 is 6.18 Å². The maximum absolute atomic E-state index is 13.4. The number of rotatable bonds is 11. The van der Waals surface area contributed by atoms with Gasteiger partial charge in [-0.2, -0.15) is 13.2 Å². The molecule has 0 aliphatic heterocycles. The van der Waals surface area contributed by atoms with Gasteiger partial charge in [0.05, 0.1) is 12.5 Å². The summed E-state index contributed by atoms with van der Waals surface area (Å²) in [5.74, 6) is 0.547. The van der Waals surface area contributed by atoms with Crippen molar-refractivity contribution in [3.63, 3.8) is 0 Å². The Bertz CT molecular complexity index is 2100. The minimum Gasteiger partial charge on any atom is -0.512 e. The zero-order valence-electron chi connectivity index (χ0n) is 34.2. The molecule has 3 nitrogen and oxygen atoms in total. The molecule has 2 heterocycles. The number of aliphatic hydroxyl groups is 1. The van der Waals surface area contributed by atoms with Gasteiger partial charge in [-0.05, 0) is 72.6 Å². The smallest absolute Gasteiger partial charge is 0.394 e. The van der Waals surface area contributed by atoms with Gasteiger partial charge in [0, 0.05) is 59.5 Å². The minimum absolute atomic E-state index is 0. The number of pyridine rings is 1. The van der Waals surface area contributed by atoms with Crippen LogP contribution in [-0.4, -0.2) is 22.1 Å². The predicted molar refractivity (Wildman–Crippen MR) is 218 cm³/mol. The molecule has 0 aliphatic rings. The van der Waals surface area contributed by atoms with Gasteiger partial charge in [-0.1, -0.05) is 116 Å². The first-order valence-electron chi connectivity index (χ1n) is 19.2. The molecule has 5 aromatic rings. The molecule has 2 aromatic heterocycles. The number of aryl methyl sites for hydroxylation is 1. The van der Waals surface area contributed by atoms with E-state index in [2.05, 4.69) is 45.0 Å². The second-order valence-corrected chi connectivity index (χ2v) is 16.7. The Labute approximate surface area is 339 Å². The summed E-state index contributed by atoms with van der Waals surface area (Å²) in [5.41, 5.74) is 3.55. The van der Waals surface area contributed by atoms with Gasteiger partial charge in [0.15, 0.2) is 5.78 Å². The maximum atomic E-state index is 13.4. The van der Waals surface area contributed by atoms with Crippen molar-refractivity contribution >= 4 is 38.0 Å². The van der Waals surface area contributed by atoms with Crippen LogP contribution in [0, 0.1) is 30.2 Å². The molecule has 0 fully saturated rings. The second kappa shape index (κ2) is 18.5. The Kier molecular flexibility index (Phi) is 14.9. The number of aromatic nitrogens is 1. The van der Waals surface area contributed by atoms with Gasteiger partial charge in [-0.25, -0.2) is 0 Å². The van der Waals surface area contributed by atoms with Crippen molar-refractivity contribution in [1.82, 2.24) is 4.98 Å². The van der Waals surface area contributed by atoms with E-state index in [0.29, 0.717) is 11.6 Å². The van der Waals surface area contributed by atoms with Gasteiger partial charge in [0.25, 0.3) is 0 Å². The molecule has 0 unspecified atom stereocenters. The molecule has 0 spiro atoms. The van der Waals surface area contributed by atoms with Crippen LogP contribution in [0.1, 0.15) is 106 Å². The Morgan fingerprint density at radius 2 is 1.52 bits per heavy atom. The number of allylic oxidation sites excluding steroid dienone is 2. The van der Waals surface area contributed by atoms with Gasteiger partial charge < -0.3 is 5.11 Å². The summed E-state index contributed by atoms with van der Waals surface area (Å²) in [4.78, 5) is 17.4. The van der Waals surface area contributed by atoms with E-state index < -0.39 is 11.6 Å². The van der Waals surface area contributed by atoms with Crippen LogP contribution in [0.15, 0.2) is 78.7 Å². The van der Waals surface area contributed by atoms with E-state index in [1.165, 1.54) is 30.9 Å². The van der Waals surface area contributed by atoms with Crippen LogP contribution in [0.25, 0.3) is 42.6 Å². The number of carbonyl (C=O) groups excluding carboxylic acids is 1. The van der Waals surface area contributed by atoms with Gasteiger partial charge in [-0.15, -0.1) is 40.5 Å². The fraction of sp³-hybridized carbons (Fsp3) is 0.435.